The minimum absolute atomic E-state index is 0.0297. The highest BCUT2D eigenvalue weighted by molar-refractivity contribution is 6.31. The third-order valence-corrected chi connectivity index (χ3v) is 7.33. The van der Waals surface area contributed by atoms with E-state index >= 15 is 0 Å². The monoisotopic (exact) mass is 484 g/mol. The summed E-state index contributed by atoms with van der Waals surface area (Å²) in [6.07, 6.45) is 4.65. The third-order valence-electron chi connectivity index (χ3n) is 7.04. The average Bonchev–Trinajstić information content (AvgIpc) is 3.36. The predicted molar refractivity (Wildman–Crippen MR) is 130 cm³/mol. The van der Waals surface area contributed by atoms with Crippen molar-refractivity contribution in [3.63, 3.8) is 0 Å². The lowest BCUT2D eigenvalue weighted by atomic mass is 9.77. The Morgan fingerprint density at radius 2 is 1.97 bits per heavy atom. The second-order valence-corrected chi connectivity index (χ2v) is 9.66. The normalized spacial score (nSPS) is 22.8. The summed E-state index contributed by atoms with van der Waals surface area (Å²) >= 11 is 5.89. The van der Waals surface area contributed by atoms with Crippen LogP contribution in [0.5, 0.6) is 0 Å². The summed E-state index contributed by atoms with van der Waals surface area (Å²) in [5, 5.41) is 23.3. The molecular weight excluding hydrogens is 455 g/mol. The van der Waals surface area contributed by atoms with E-state index in [-0.39, 0.29) is 17.1 Å². The van der Waals surface area contributed by atoms with E-state index < -0.39 is 11.4 Å². The summed E-state index contributed by atoms with van der Waals surface area (Å²) < 4.78 is 13.5. The van der Waals surface area contributed by atoms with Crippen LogP contribution in [0.3, 0.4) is 0 Å². The number of nitrogens with one attached hydrogen (secondary N) is 1. The van der Waals surface area contributed by atoms with Gasteiger partial charge < -0.3 is 20.2 Å². The summed E-state index contributed by atoms with van der Waals surface area (Å²) in [5.41, 5.74) is 0.713. The lowest BCUT2D eigenvalue weighted by Gasteiger charge is -2.41. The highest BCUT2D eigenvalue weighted by atomic mass is 35.5. The highest BCUT2D eigenvalue weighted by Gasteiger charge is 2.38. The van der Waals surface area contributed by atoms with Gasteiger partial charge in [-0.05, 0) is 87.5 Å². The Kier molecular flexibility index (Phi) is 7.72. The first-order valence-electron chi connectivity index (χ1n) is 11.9. The predicted octanol–water partition coefficient (Wildman–Crippen LogP) is 5.11. The van der Waals surface area contributed by atoms with Crippen LogP contribution in [0.4, 0.5) is 14.9 Å². The van der Waals surface area contributed by atoms with E-state index in [1.807, 2.05) is 11.0 Å². The molecule has 1 heterocycles. The van der Waals surface area contributed by atoms with Crippen molar-refractivity contribution >= 4 is 23.3 Å². The zero-order valence-electron chi connectivity index (χ0n) is 19.1. The molecule has 34 heavy (non-hydrogen) atoms. The van der Waals surface area contributed by atoms with E-state index in [0.717, 1.165) is 25.2 Å². The Morgan fingerprint density at radius 3 is 2.65 bits per heavy atom. The summed E-state index contributed by atoms with van der Waals surface area (Å²) in [6.45, 7) is 3.46. The van der Waals surface area contributed by atoms with Crippen LogP contribution < -0.4 is 5.32 Å². The molecule has 6 nitrogen and oxygen atoms in total. The molecule has 1 aliphatic carbocycles. The second-order valence-electron chi connectivity index (χ2n) is 9.26. The Labute approximate surface area is 204 Å². The number of benzene rings is 2. The zero-order valence-corrected chi connectivity index (χ0v) is 19.9. The summed E-state index contributed by atoms with van der Waals surface area (Å²) in [6, 6.07) is 13.1. The molecule has 0 radical (unpaired) electrons. The minimum atomic E-state index is -1.01. The van der Waals surface area contributed by atoms with Crippen molar-refractivity contribution in [2.24, 2.45) is 0 Å². The van der Waals surface area contributed by atoms with Crippen LogP contribution in [0.15, 0.2) is 42.5 Å². The zero-order chi connectivity index (χ0) is 24.1. The Bertz CT molecular complexity index is 1060. The van der Waals surface area contributed by atoms with Crippen molar-refractivity contribution in [3.05, 3.63) is 64.4 Å². The highest BCUT2D eigenvalue weighted by Crippen LogP contribution is 2.39. The molecule has 2 fully saturated rings. The molecule has 1 aliphatic heterocycles. The van der Waals surface area contributed by atoms with Gasteiger partial charge in [0.25, 0.3) is 0 Å². The van der Waals surface area contributed by atoms with E-state index in [0.29, 0.717) is 43.5 Å². The number of carbonyl (C=O) groups excluding carboxylic acids is 1. The fourth-order valence-electron chi connectivity index (χ4n) is 5.03. The van der Waals surface area contributed by atoms with Gasteiger partial charge in [0.05, 0.1) is 22.3 Å². The number of anilines is 1. The van der Waals surface area contributed by atoms with Gasteiger partial charge in [-0.1, -0.05) is 23.7 Å². The molecule has 0 spiro atoms. The molecule has 0 atom stereocenters. The maximum atomic E-state index is 13.5. The largest absolute Gasteiger partial charge is 0.385 e. The summed E-state index contributed by atoms with van der Waals surface area (Å²) in [5.74, 6) is -0.530. The molecule has 0 unspecified atom stereocenters. The van der Waals surface area contributed by atoms with Gasteiger partial charge in [-0.15, -0.1) is 0 Å². The molecule has 2 aliphatic rings. The van der Waals surface area contributed by atoms with Gasteiger partial charge >= 0.3 is 6.03 Å². The Hall–Kier alpha value is -2.66. The molecule has 2 aromatic rings. The lowest BCUT2D eigenvalue weighted by Crippen LogP contribution is -2.49. The minimum Gasteiger partial charge on any atom is -0.385 e. The molecule has 2 aromatic carbocycles. The van der Waals surface area contributed by atoms with Crippen molar-refractivity contribution < 1.29 is 14.3 Å². The summed E-state index contributed by atoms with van der Waals surface area (Å²) in [7, 11) is 0. The van der Waals surface area contributed by atoms with Gasteiger partial charge in [0.1, 0.15) is 5.82 Å². The molecular formula is C26H30ClFN4O2. The van der Waals surface area contributed by atoms with Gasteiger partial charge in [-0.3, -0.25) is 0 Å². The Balaban J connectivity index is 1.46. The van der Waals surface area contributed by atoms with Crippen molar-refractivity contribution in [2.75, 3.05) is 31.5 Å². The molecule has 1 saturated heterocycles. The molecule has 1 saturated carbocycles. The van der Waals surface area contributed by atoms with Gasteiger partial charge in [-0.2, -0.15) is 5.26 Å². The lowest BCUT2D eigenvalue weighted by molar-refractivity contribution is -0.0198. The van der Waals surface area contributed by atoms with Crippen LogP contribution in [-0.4, -0.2) is 53.2 Å². The SMILES string of the molecule is N#Cc1cccc([C@]2(O)CC[C@@H](N(CCN3CCCC3)C(=O)Nc3ccc(F)c(Cl)c3)CC2)c1. The number of nitriles is 1. The van der Waals surface area contributed by atoms with Gasteiger partial charge in [0.15, 0.2) is 0 Å². The number of amides is 2. The third kappa shape index (κ3) is 5.69. The number of hydrogen-bond donors (Lipinski definition) is 2. The molecule has 8 heteroatoms. The van der Waals surface area contributed by atoms with Gasteiger partial charge in [0.2, 0.25) is 0 Å². The first-order valence-corrected chi connectivity index (χ1v) is 12.2. The summed E-state index contributed by atoms with van der Waals surface area (Å²) in [4.78, 5) is 17.5. The second kappa shape index (κ2) is 10.7. The first-order chi connectivity index (χ1) is 16.4. The van der Waals surface area contributed by atoms with E-state index in [4.69, 9.17) is 11.6 Å². The molecule has 2 amide bonds. The Morgan fingerprint density at radius 1 is 1.24 bits per heavy atom. The molecule has 2 N–H and O–H groups in total. The van der Waals surface area contributed by atoms with Crippen LogP contribution in [0.1, 0.15) is 49.7 Å². The van der Waals surface area contributed by atoms with Gasteiger partial charge in [0, 0.05) is 24.8 Å². The number of nitrogens with zero attached hydrogens (tertiary/aromatic N) is 3. The average molecular weight is 485 g/mol. The number of carbonyl (C=O) groups is 1. The van der Waals surface area contributed by atoms with E-state index in [1.165, 1.54) is 31.0 Å². The fourth-order valence-corrected chi connectivity index (χ4v) is 5.21. The number of halogens is 2. The van der Waals surface area contributed by atoms with Crippen LogP contribution in [-0.2, 0) is 5.60 Å². The number of aliphatic hydroxyl groups is 1. The number of hydrogen-bond acceptors (Lipinski definition) is 4. The van der Waals surface area contributed by atoms with Crippen molar-refractivity contribution in [2.45, 2.75) is 50.2 Å². The van der Waals surface area contributed by atoms with E-state index in [1.54, 1.807) is 18.2 Å². The van der Waals surface area contributed by atoms with Crippen LogP contribution >= 0.6 is 11.6 Å². The van der Waals surface area contributed by atoms with Crippen molar-refractivity contribution in [1.82, 2.24) is 9.80 Å². The van der Waals surface area contributed by atoms with Crippen LogP contribution in [0, 0.1) is 17.1 Å². The first kappa shape index (κ1) is 24.5. The van der Waals surface area contributed by atoms with E-state index in [2.05, 4.69) is 16.3 Å². The smallest absolute Gasteiger partial charge is 0.322 e. The molecule has 4 rings (SSSR count). The number of likely N-dealkylation sites (tertiary alicyclic amines) is 1. The van der Waals surface area contributed by atoms with Crippen molar-refractivity contribution in [3.8, 4) is 6.07 Å². The molecule has 180 valence electrons. The topological polar surface area (TPSA) is 79.6 Å². The van der Waals surface area contributed by atoms with Gasteiger partial charge in [-0.25, -0.2) is 9.18 Å². The maximum absolute atomic E-state index is 13.5. The molecule has 0 aromatic heterocycles. The standard InChI is InChI=1S/C26H30ClFN4O2/c27-23-17-21(6-7-24(23)28)30-25(33)32(15-14-31-12-1-2-13-31)22-8-10-26(34,11-9-22)20-5-3-4-19(16-20)18-29/h3-7,16-17,22,34H,1-2,8-15H2,(H,30,33)/t22-,26+. The quantitative estimate of drug-likeness (QED) is 0.597. The number of rotatable bonds is 6. The van der Waals surface area contributed by atoms with Crippen molar-refractivity contribution in [1.29, 1.82) is 5.26 Å². The van der Waals surface area contributed by atoms with Crippen LogP contribution in [0.2, 0.25) is 5.02 Å². The maximum Gasteiger partial charge on any atom is 0.322 e. The van der Waals surface area contributed by atoms with Crippen LogP contribution in [0.25, 0.3) is 0 Å². The van der Waals surface area contributed by atoms with E-state index in [9.17, 15) is 19.6 Å². The number of urea groups is 1. The fraction of sp³-hybridized carbons (Fsp3) is 0.462. The molecule has 0 bridgehead atoms.